The third kappa shape index (κ3) is 4.29. The van der Waals surface area contributed by atoms with Crippen LogP contribution in [0.3, 0.4) is 0 Å². The second-order valence-electron chi connectivity index (χ2n) is 3.71. The molecule has 0 spiro atoms. The number of amides is 1. The van der Waals surface area contributed by atoms with E-state index in [0.29, 0.717) is 16.9 Å². The van der Waals surface area contributed by atoms with E-state index in [1.807, 2.05) is 0 Å². The van der Waals surface area contributed by atoms with Crippen LogP contribution in [0.5, 0.6) is 5.75 Å². The van der Waals surface area contributed by atoms with Crippen LogP contribution in [0.15, 0.2) is 24.3 Å². The van der Waals surface area contributed by atoms with Crippen molar-refractivity contribution >= 4 is 18.0 Å². The van der Waals surface area contributed by atoms with Crippen LogP contribution in [-0.4, -0.2) is 24.1 Å². The second kappa shape index (κ2) is 6.44. The minimum Gasteiger partial charge on any atom is -0.497 e. The maximum atomic E-state index is 10.7. The Hall–Kier alpha value is -2.30. The van der Waals surface area contributed by atoms with E-state index >= 15 is 0 Å². The highest BCUT2D eigenvalue weighted by atomic mass is 16.5. The summed E-state index contributed by atoms with van der Waals surface area (Å²) in [6, 6.07) is 5.11. The molecule has 0 unspecified atom stereocenters. The number of aliphatic carboxylic acids is 1. The third-order valence-electron chi connectivity index (χ3n) is 2.31. The van der Waals surface area contributed by atoms with Crippen LogP contribution in [0.4, 0.5) is 0 Å². The molecule has 1 aromatic rings. The number of carbonyl (C=O) groups excluding carboxylic acids is 1. The van der Waals surface area contributed by atoms with E-state index in [1.54, 1.807) is 30.4 Å². The molecule has 1 amide bonds. The van der Waals surface area contributed by atoms with E-state index in [4.69, 9.17) is 15.6 Å². The van der Waals surface area contributed by atoms with Crippen LogP contribution in [0.2, 0.25) is 0 Å². The van der Waals surface area contributed by atoms with Gasteiger partial charge >= 0.3 is 5.97 Å². The highest BCUT2D eigenvalue weighted by Gasteiger charge is 2.06. The molecule has 0 bridgehead atoms. The predicted molar refractivity (Wildman–Crippen MR) is 67.2 cm³/mol. The molecular formula is C13H15NO4. The molecule has 0 aromatic heterocycles. The van der Waals surface area contributed by atoms with Crippen LogP contribution in [0.25, 0.3) is 6.08 Å². The number of ether oxygens (including phenoxy) is 1. The van der Waals surface area contributed by atoms with Crippen molar-refractivity contribution in [2.24, 2.45) is 5.73 Å². The van der Waals surface area contributed by atoms with Crippen molar-refractivity contribution in [3.63, 3.8) is 0 Å². The first-order valence-electron chi connectivity index (χ1n) is 5.36. The normalized spacial score (nSPS) is 10.5. The maximum absolute atomic E-state index is 10.7. The van der Waals surface area contributed by atoms with Gasteiger partial charge in [-0.2, -0.15) is 0 Å². The van der Waals surface area contributed by atoms with Crippen LogP contribution >= 0.6 is 0 Å². The van der Waals surface area contributed by atoms with E-state index in [9.17, 15) is 9.59 Å². The lowest BCUT2D eigenvalue weighted by Gasteiger charge is -2.06. The van der Waals surface area contributed by atoms with E-state index < -0.39 is 11.9 Å². The van der Waals surface area contributed by atoms with Crippen molar-refractivity contribution < 1.29 is 19.4 Å². The number of carbonyl (C=O) groups is 2. The van der Waals surface area contributed by atoms with Gasteiger partial charge in [0.25, 0.3) is 0 Å². The van der Waals surface area contributed by atoms with Gasteiger partial charge in [-0.1, -0.05) is 18.2 Å². The Morgan fingerprint density at radius 2 is 2.17 bits per heavy atom. The summed E-state index contributed by atoms with van der Waals surface area (Å²) in [6.07, 6.45) is 3.30. The molecule has 0 atom stereocenters. The number of benzene rings is 1. The topological polar surface area (TPSA) is 89.6 Å². The molecule has 0 aliphatic heterocycles. The van der Waals surface area contributed by atoms with E-state index in [1.165, 1.54) is 7.11 Å². The summed E-state index contributed by atoms with van der Waals surface area (Å²) < 4.78 is 5.07. The number of nitrogens with two attached hydrogens (primary N) is 1. The zero-order valence-electron chi connectivity index (χ0n) is 10.1. The average molecular weight is 249 g/mol. The summed E-state index contributed by atoms with van der Waals surface area (Å²) >= 11 is 0. The molecule has 1 aromatic carbocycles. The Kier molecular flexibility index (Phi) is 4.92. The van der Waals surface area contributed by atoms with Crippen LogP contribution in [0, 0.1) is 0 Å². The summed E-state index contributed by atoms with van der Waals surface area (Å²) in [5.41, 5.74) is 6.39. The van der Waals surface area contributed by atoms with Crippen molar-refractivity contribution in [3.8, 4) is 5.75 Å². The number of hydrogen-bond acceptors (Lipinski definition) is 3. The third-order valence-corrected chi connectivity index (χ3v) is 2.31. The number of carboxylic acids is 1. The van der Waals surface area contributed by atoms with Crippen molar-refractivity contribution in [2.45, 2.75) is 12.8 Å². The van der Waals surface area contributed by atoms with E-state index in [2.05, 4.69) is 0 Å². The van der Waals surface area contributed by atoms with Crippen molar-refractivity contribution in [1.82, 2.24) is 0 Å². The van der Waals surface area contributed by atoms with E-state index in [0.717, 1.165) is 0 Å². The molecule has 0 saturated carbocycles. The molecule has 96 valence electrons. The summed E-state index contributed by atoms with van der Waals surface area (Å²) in [7, 11) is 1.53. The van der Waals surface area contributed by atoms with Gasteiger partial charge in [0.15, 0.2) is 0 Å². The number of rotatable bonds is 6. The fourth-order valence-electron chi connectivity index (χ4n) is 1.48. The highest BCUT2D eigenvalue weighted by molar-refractivity contribution is 5.77. The number of primary amides is 1. The molecule has 1 rings (SSSR count). The lowest BCUT2D eigenvalue weighted by molar-refractivity contribution is -0.136. The predicted octanol–water partition coefficient (Wildman–Crippen LogP) is 1.21. The van der Waals surface area contributed by atoms with Gasteiger partial charge in [-0.25, -0.2) is 0 Å². The maximum Gasteiger partial charge on any atom is 0.307 e. The van der Waals surface area contributed by atoms with Gasteiger partial charge < -0.3 is 15.6 Å². The number of methoxy groups -OCH3 is 1. The van der Waals surface area contributed by atoms with Gasteiger partial charge in [0.1, 0.15) is 5.75 Å². The van der Waals surface area contributed by atoms with Crippen LogP contribution in [-0.2, 0) is 16.0 Å². The number of hydrogen-bond donors (Lipinski definition) is 2. The minimum atomic E-state index is -0.912. The SMILES string of the molecule is COc1ccc(CC(=O)O)c(C=CCC(N)=O)c1. The largest absolute Gasteiger partial charge is 0.497 e. The Balaban J connectivity index is 2.99. The molecule has 18 heavy (non-hydrogen) atoms. The molecular weight excluding hydrogens is 234 g/mol. The summed E-state index contributed by atoms with van der Waals surface area (Å²) in [6.45, 7) is 0. The molecule has 0 aliphatic carbocycles. The molecule has 5 heteroatoms. The molecule has 0 aliphatic rings. The Bertz CT molecular complexity index is 480. The first-order chi connectivity index (χ1) is 8.52. The summed E-state index contributed by atoms with van der Waals surface area (Å²) in [5, 5.41) is 8.80. The summed E-state index contributed by atoms with van der Waals surface area (Å²) in [5.74, 6) is -0.721. The quantitative estimate of drug-likeness (QED) is 0.793. The van der Waals surface area contributed by atoms with E-state index in [-0.39, 0.29) is 12.8 Å². The van der Waals surface area contributed by atoms with Gasteiger partial charge in [-0.05, 0) is 23.3 Å². The van der Waals surface area contributed by atoms with Gasteiger partial charge in [0.2, 0.25) is 5.91 Å². The first-order valence-corrected chi connectivity index (χ1v) is 5.36. The molecule has 0 fully saturated rings. The van der Waals surface area contributed by atoms with Gasteiger partial charge in [0.05, 0.1) is 13.5 Å². The molecule has 0 saturated heterocycles. The molecule has 5 nitrogen and oxygen atoms in total. The lowest BCUT2D eigenvalue weighted by Crippen LogP contribution is -2.08. The second-order valence-corrected chi connectivity index (χ2v) is 3.71. The lowest BCUT2D eigenvalue weighted by atomic mass is 10.0. The standard InChI is InChI=1S/C13H15NO4/c1-18-11-6-5-10(8-13(16)17)9(7-11)3-2-4-12(14)15/h2-3,5-7H,4,8H2,1H3,(H2,14,15)(H,16,17). The minimum absolute atomic E-state index is 0.0831. The van der Waals surface area contributed by atoms with Crippen LogP contribution in [0.1, 0.15) is 17.5 Å². The highest BCUT2D eigenvalue weighted by Crippen LogP contribution is 2.20. The Morgan fingerprint density at radius 1 is 1.44 bits per heavy atom. The fraction of sp³-hybridized carbons (Fsp3) is 0.231. The fourth-order valence-corrected chi connectivity index (χ4v) is 1.48. The summed E-state index contributed by atoms with van der Waals surface area (Å²) in [4.78, 5) is 21.4. The van der Waals surface area contributed by atoms with Crippen molar-refractivity contribution in [2.75, 3.05) is 7.11 Å². The molecule has 0 heterocycles. The van der Waals surface area contributed by atoms with Crippen LogP contribution < -0.4 is 10.5 Å². The van der Waals surface area contributed by atoms with Crippen molar-refractivity contribution in [3.05, 3.63) is 35.4 Å². The zero-order valence-corrected chi connectivity index (χ0v) is 10.1. The van der Waals surface area contributed by atoms with Crippen molar-refractivity contribution in [1.29, 1.82) is 0 Å². The molecule has 3 N–H and O–H groups in total. The Morgan fingerprint density at radius 3 is 2.72 bits per heavy atom. The zero-order chi connectivity index (χ0) is 13.5. The first kappa shape index (κ1) is 13.8. The average Bonchev–Trinajstić information content (AvgIpc) is 2.30. The smallest absolute Gasteiger partial charge is 0.307 e. The Labute approximate surface area is 105 Å². The monoisotopic (exact) mass is 249 g/mol. The molecule has 0 radical (unpaired) electrons. The van der Waals surface area contributed by atoms with Gasteiger partial charge in [0, 0.05) is 6.42 Å². The number of carboxylic acid groups (broad SMARTS) is 1. The van der Waals surface area contributed by atoms with Gasteiger partial charge in [-0.15, -0.1) is 0 Å². The van der Waals surface area contributed by atoms with Gasteiger partial charge in [-0.3, -0.25) is 9.59 Å².